The third-order valence-corrected chi connectivity index (χ3v) is 8.03. The van der Waals surface area contributed by atoms with Gasteiger partial charge in [0, 0.05) is 56.9 Å². The molecule has 186 valence electrons. The largest absolute Gasteiger partial charge is 0.477 e. The summed E-state index contributed by atoms with van der Waals surface area (Å²) in [7, 11) is 0. The topological polar surface area (TPSA) is 57.9 Å². The molecule has 3 aliphatic rings. The van der Waals surface area contributed by atoms with Crippen LogP contribution in [-0.4, -0.2) is 71.9 Å². The lowest BCUT2D eigenvalue weighted by Crippen LogP contribution is -2.57. The van der Waals surface area contributed by atoms with Gasteiger partial charge in [-0.1, -0.05) is 36.2 Å². The number of benzene rings is 1. The highest BCUT2D eigenvalue weighted by Gasteiger charge is 2.34. The summed E-state index contributed by atoms with van der Waals surface area (Å²) in [5.41, 5.74) is 2.16. The van der Waals surface area contributed by atoms with Gasteiger partial charge >= 0.3 is 0 Å². The monoisotopic (exact) mass is 475 g/mol. The van der Waals surface area contributed by atoms with Gasteiger partial charge in [0.2, 0.25) is 5.88 Å². The molecule has 0 amide bonds. The second-order valence-corrected chi connectivity index (χ2v) is 10.5. The normalized spacial score (nSPS) is 24.3. The molecule has 2 atom stereocenters. The molecule has 5 heterocycles. The van der Waals surface area contributed by atoms with E-state index in [0.29, 0.717) is 12.0 Å². The third-order valence-electron chi connectivity index (χ3n) is 8.03. The van der Waals surface area contributed by atoms with Crippen molar-refractivity contribution >= 4 is 16.8 Å². The molecule has 2 aromatic heterocycles. The summed E-state index contributed by atoms with van der Waals surface area (Å²) in [6, 6.07) is 13.0. The van der Waals surface area contributed by atoms with Crippen LogP contribution in [0.15, 0.2) is 47.1 Å². The van der Waals surface area contributed by atoms with Crippen molar-refractivity contribution in [3.63, 3.8) is 0 Å². The maximum Gasteiger partial charge on any atom is 0.213 e. The quantitative estimate of drug-likeness (QED) is 0.517. The number of para-hydroxylation sites is 1. The molecular weight excluding hydrogens is 438 g/mol. The maximum absolute atomic E-state index is 6.13. The second kappa shape index (κ2) is 10.5. The van der Waals surface area contributed by atoms with Crippen molar-refractivity contribution in [1.29, 1.82) is 0 Å². The summed E-state index contributed by atoms with van der Waals surface area (Å²) in [6.45, 7) is 8.35. The van der Waals surface area contributed by atoms with E-state index < -0.39 is 0 Å². The Morgan fingerprint density at radius 1 is 0.914 bits per heavy atom. The van der Waals surface area contributed by atoms with Gasteiger partial charge in [0.15, 0.2) is 11.4 Å². The molecule has 0 unspecified atom stereocenters. The van der Waals surface area contributed by atoms with Crippen LogP contribution < -0.4 is 9.64 Å². The first-order valence-electron chi connectivity index (χ1n) is 13.5. The van der Waals surface area contributed by atoms with Gasteiger partial charge < -0.3 is 14.2 Å². The summed E-state index contributed by atoms with van der Waals surface area (Å²) in [5.74, 6) is 2.31. The minimum Gasteiger partial charge on any atom is -0.477 e. The van der Waals surface area contributed by atoms with E-state index in [0.717, 1.165) is 62.0 Å². The van der Waals surface area contributed by atoms with Crippen molar-refractivity contribution in [3.05, 3.63) is 48.2 Å². The zero-order chi connectivity index (χ0) is 23.5. The van der Waals surface area contributed by atoms with Gasteiger partial charge in [-0.05, 0) is 56.5 Å². The summed E-state index contributed by atoms with van der Waals surface area (Å²) in [6.07, 6.45) is 9.79. The lowest BCUT2D eigenvalue weighted by molar-refractivity contribution is 0.0716. The molecule has 3 fully saturated rings. The molecule has 0 N–H and O–H groups in total. The van der Waals surface area contributed by atoms with Gasteiger partial charge in [0.25, 0.3) is 0 Å². The molecular formula is C28H37N5O2. The first-order valence-corrected chi connectivity index (χ1v) is 13.5. The van der Waals surface area contributed by atoms with Gasteiger partial charge in [-0.25, -0.2) is 4.98 Å². The number of hydrogen-bond donors (Lipinski definition) is 0. The minimum absolute atomic E-state index is 0.559. The van der Waals surface area contributed by atoms with Crippen molar-refractivity contribution in [3.8, 4) is 5.88 Å². The first-order chi connectivity index (χ1) is 17.3. The van der Waals surface area contributed by atoms with E-state index in [1.807, 2.05) is 18.3 Å². The summed E-state index contributed by atoms with van der Waals surface area (Å²) in [4.78, 5) is 12.2. The fourth-order valence-corrected chi connectivity index (χ4v) is 6.03. The summed E-state index contributed by atoms with van der Waals surface area (Å²) < 4.78 is 11.7. The number of hydrogen-bond acceptors (Lipinski definition) is 7. The van der Waals surface area contributed by atoms with E-state index >= 15 is 0 Å². The molecule has 0 spiro atoms. The number of piperazine rings is 1. The number of fused-ring (bicyclic) bond motifs is 2. The Labute approximate surface area is 208 Å². The van der Waals surface area contributed by atoms with Gasteiger partial charge in [0.05, 0.1) is 12.0 Å². The molecule has 0 bridgehead atoms. The van der Waals surface area contributed by atoms with Crippen LogP contribution in [0.3, 0.4) is 0 Å². The number of rotatable bonds is 6. The number of anilines is 1. The van der Waals surface area contributed by atoms with Gasteiger partial charge in [-0.3, -0.25) is 9.80 Å². The maximum atomic E-state index is 6.13. The molecule has 3 saturated heterocycles. The zero-order valence-corrected chi connectivity index (χ0v) is 20.6. The Hall–Kier alpha value is -2.64. The molecule has 35 heavy (non-hydrogen) atoms. The van der Waals surface area contributed by atoms with Crippen LogP contribution in [0.5, 0.6) is 5.88 Å². The number of nitrogens with zero attached hydrogens (tertiary/aromatic N) is 5. The van der Waals surface area contributed by atoms with Gasteiger partial charge in [-0.15, -0.1) is 0 Å². The molecule has 0 aliphatic carbocycles. The Bertz CT molecular complexity index is 1090. The fraction of sp³-hybridized carbons (Fsp3) is 0.571. The number of likely N-dealkylation sites (tertiary alicyclic amines) is 1. The minimum atomic E-state index is 0.559. The first kappa shape index (κ1) is 22.8. The van der Waals surface area contributed by atoms with Crippen LogP contribution in [0.2, 0.25) is 0 Å². The van der Waals surface area contributed by atoms with Crippen molar-refractivity contribution in [2.24, 2.45) is 5.92 Å². The summed E-state index contributed by atoms with van der Waals surface area (Å²) >= 11 is 0. The molecule has 0 saturated carbocycles. The standard InChI is InChI=1S/C28H37N5O2/c1-2-6-14-31(13-5-1)18-22-10-12-27(29-17-22)34-21-23-9-11-24-20-33(16-15-32(24)19-23)28-25-7-3-4-8-26(25)35-30-28/h3-4,7-8,10,12,17,23-24H,1-2,5-6,9,11,13-16,18-21H2/t23-,24+/m1/s1. The van der Waals surface area contributed by atoms with E-state index in [2.05, 4.69) is 49.1 Å². The van der Waals surface area contributed by atoms with E-state index in [1.165, 1.54) is 57.2 Å². The predicted octanol–water partition coefficient (Wildman–Crippen LogP) is 4.58. The van der Waals surface area contributed by atoms with Crippen molar-refractivity contribution in [2.75, 3.05) is 50.8 Å². The highest BCUT2D eigenvalue weighted by molar-refractivity contribution is 5.88. The van der Waals surface area contributed by atoms with Crippen LogP contribution in [0.4, 0.5) is 5.82 Å². The third kappa shape index (κ3) is 5.31. The Morgan fingerprint density at radius 2 is 1.80 bits per heavy atom. The van der Waals surface area contributed by atoms with Gasteiger partial charge in [0.1, 0.15) is 0 Å². The summed E-state index contributed by atoms with van der Waals surface area (Å²) in [5, 5.41) is 5.50. The molecule has 7 heteroatoms. The highest BCUT2D eigenvalue weighted by atomic mass is 16.5. The predicted molar refractivity (Wildman–Crippen MR) is 138 cm³/mol. The van der Waals surface area contributed by atoms with Crippen LogP contribution in [0.1, 0.15) is 44.1 Å². The number of ether oxygens (including phenoxy) is 1. The fourth-order valence-electron chi connectivity index (χ4n) is 6.03. The second-order valence-electron chi connectivity index (χ2n) is 10.5. The molecule has 7 nitrogen and oxygen atoms in total. The smallest absolute Gasteiger partial charge is 0.213 e. The van der Waals surface area contributed by atoms with Crippen LogP contribution in [0.25, 0.3) is 11.0 Å². The molecule has 1 aromatic carbocycles. The number of pyridine rings is 1. The van der Waals surface area contributed by atoms with Gasteiger partial charge in [-0.2, -0.15) is 0 Å². The zero-order valence-electron chi connectivity index (χ0n) is 20.6. The number of piperidine rings is 1. The van der Waals surface area contributed by atoms with E-state index in [1.54, 1.807) is 0 Å². The highest BCUT2D eigenvalue weighted by Crippen LogP contribution is 2.31. The Morgan fingerprint density at radius 3 is 2.66 bits per heavy atom. The molecule has 3 aromatic rings. The van der Waals surface area contributed by atoms with Crippen LogP contribution >= 0.6 is 0 Å². The molecule has 6 rings (SSSR count). The lowest BCUT2D eigenvalue weighted by Gasteiger charge is -2.46. The van der Waals surface area contributed by atoms with E-state index in [-0.39, 0.29) is 0 Å². The Balaban J connectivity index is 0.980. The van der Waals surface area contributed by atoms with E-state index in [4.69, 9.17) is 9.26 Å². The lowest BCUT2D eigenvalue weighted by atomic mass is 9.91. The SMILES string of the molecule is c1ccc2c(N3CCN4C[C@H](COc5ccc(CN6CCCCCC6)cn5)CC[C@H]4C3)noc2c1. The average molecular weight is 476 g/mol. The molecule has 3 aliphatic heterocycles. The molecule has 0 radical (unpaired) electrons. The van der Waals surface area contributed by atoms with E-state index in [9.17, 15) is 0 Å². The van der Waals surface area contributed by atoms with Crippen molar-refractivity contribution in [2.45, 2.75) is 51.1 Å². The van der Waals surface area contributed by atoms with Crippen molar-refractivity contribution in [1.82, 2.24) is 19.9 Å². The average Bonchev–Trinajstić information content (AvgIpc) is 3.17. The van der Waals surface area contributed by atoms with Crippen LogP contribution in [-0.2, 0) is 6.54 Å². The number of aromatic nitrogens is 2. The van der Waals surface area contributed by atoms with Crippen LogP contribution in [0, 0.1) is 5.92 Å². The Kier molecular flexibility index (Phi) is 6.87. The van der Waals surface area contributed by atoms with Crippen molar-refractivity contribution < 1.29 is 9.26 Å².